The predicted molar refractivity (Wildman–Crippen MR) is 55.9 cm³/mol. The summed E-state index contributed by atoms with van der Waals surface area (Å²) in [6.07, 6.45) is 3.90. The van der Waals surface area contributed by atoms with E-state index in [-0.39, 0.29) is 6.10 Å². The van der Waals surface area contributed by atoms with Crippen LogP contribution < -0.4 is 0 Å². The van der Waals surface area contributed by atoms with Crippen LogP contribution in [0.5, 0.6) is 0 Å². The van der Waals surface area contributed by atoms with Gasteiger partial charge in [-0.15, -0.1) is 0 Å². The average molecular weight is 204 g/mol. The SMILES string of the molecule is C=C(Cl)CN(C)C1CCC(O)CC1. The first-order valence-corrected chi connectivity index (χ1v) is 5.19. The van der Waals surface area contributed by atoms with E-state index in [0.29, 0.717) is 11.1 Å². The molecule has 0 aromatic heterocycles. The Balaban J connectivity index is 2.31. The Morgan fingerprint density at radius 3 is 2.46 bits per heavy atom. The second-order valence-electron chi connectivity index (χ2n) is 3.89. The first-order valence-electron chi connectivity index (χ1n) is 4.81. The van der Waals surface area contributed by atoms with Crippen molar-refractivity contribution in [2.45, 2.75) is 37.8 Å². The molecule has 0 atom stereocenters. The zero-order chi connectivity index (χ0) is 9.84. The van der Waals surface area contributed by atoms with Crippen LogP contribution >= 0.6 is 11.6 Å². The fourth-order valence-corrected chi connectivity index (χ4v) is 2.09. The van der Waals surface area contributed by atoms with Crippen LogP contribution in [0.15, 0.2) is 11.6 Å². The summed E-state index contributed by atoms with van der Waals surface area (Å²) in [7, 11) is 2.07. The minimum absolute atomic E-state index is 0.0798. The Hall–Kier alpha value is -0.0500. The molecule has 0 unspecified atom stereocenters. The number of aliphatic hydroxyl groups is 1. The van der Waals surface area contributed by atoms with Crippen LogP contribution in [0.2, 0.25) is 0 Å². The van der Waals surface area contributed by atoms with Crippen molar-refractivity contribution in [3.8, 4) is 0 Å². The number of nitrogens with zero attached hydrogens (tertiary/aromatic N) is 1. The molecule has 1 rings (SSSR count). The molecule has 0 aromatic rings. The highest BCUT2D eigenvalue weighted by Crippen LogP contribution is 2.22. The second kappa shape index (κ2) is 4.99. The molecule has 3 heteroatoms. The molecule has 0 radical (unpaired) electrons. The van der Waals surface area contributed by atoms with E-state index in [1.807, 2.05) is 0 Å². The maximum absolute atomic E-state index is 9.33. The standard InChI is InChI=1S/C10H18ClNO/c1-8(11)7-12(2)9-3-5-10(13)6-4-9/h9-10,13H,1,3-7H2,2H3. The highest BCUT2D eigenvalue weighted by molar-refractivity contribution is 6.29. The second-order valence-corrected chi connectivity index (χ2v) is 4.43. The Morgan fingerprint density at radius 1 is 1.46 bits per heavy atom. The molecule has 1 aliphatic rings. The van der Waals surface area contributed by atoms with Crippen LogP contribution in [0.1, 0.15) is 25.7 Å². The molecule has 1 aliphatic carbocycles. The molecule has 1 fully saturated rings. The summed E-state index contributed by atoms with van der Waals surface area (Å²) in [6, 6.07) is 0.568. The minimum atomic E-state index is -0.0798. The lowest BCUT2D eigenvalue weighted by atomic mass is 9.92. The minimum Gasteiger partial charge on any atom is -0.393 e. The van der Waals surface area contributed by atoms with Crippen molar-refractivity contribution >= 4 is 11.6 Å². The van der Waals surface area contributed by atoms with Crippen LogP contribution in [-0.4, -0.2) is 35.7 Å². The maximum atomic E-state index is 9.33. The van der Waals surface area contributed by atoms with Crippen LogP contribution in [0.25, 0.3) is 0 Å². The molecular weight excluding hydrogens is 186 g/mol. The van der Waals surface area contributed by atoms with E-state index in [0.717, 1.165) is 32.2 Å². The molecule has 1 saturated carbocycles. The number of halogens is 1. The van der Waals surface area contributed by atoms with Gasteiger partial charge in [0.15, 0.2) is 0 Å². The summed E-state index contributed by atoms with van der Waals surface area (Å²) in [5.74, 6) is 0. The number of hydrogen-bond acceptors (Lipinski definition) is 2. The molecule has 0 bridgehead atoms. The van der Waals surface area contributed by atoms with Gasteiger partial charge in [0.05, 0.1) is 6.10 Å². The molecule has 76 valence electrons. The average Bonchev–Trinajstić information content (AvgIpc) is 2.04. The largest absolute Gasteiger partial charge is 0.393 e. The molecule has 1 N–H and O–H groups in total. The van der Waals surface area contributed by atoms with E-state index in [1.54, 1.807) is 0 Å². The fourth-order valence-electron chi connectivity index (χ4n) is 1.90. The molecule has 0 aliphatic heterocycles. The van der Waals surface area contributed by atoms with Gasteiger partial charge >= 0.3 is 0 Å². The molecule has 0 saturated heterocycles. The molecular formula is C10H18ClNO. The van der Waals surface area contributed by atoms with Crippen molar-refractivity contribution in [1.82, 2.24) is 4.90 Å². The monoisotopic (exact) mass is 203 g/mol. The lowest BCUT2D eigenvalue weighted by Gasteiger charge is -2.32. The van der Waals surface area contributed by atoms with Gasteiger partial charge in [-0.05, 0) is 32.7 Å². The van der Waals surface area contributed by atoms with E-state index in [1.165, 1.54) is 0 Å². The van der Waals surface area contributed by atoms with Gasteiger partial charge in [-0.25, -0.2) is 0 Å². The van der Waals surface area contributed by atoms with Gasteiger partial charge in [-0.2, -0.15) is 0 Å². The van der Waals surface area contributed by atoms with Gasteiger partial charge in [0.25, 0.3) is 0 Å². The molecule has 0 heterocycles. The van der Waals surface area contributed by atoms with Gasteiger partial charge < -0.3 is 5.11 Å². The number of rotatable bonds is 3. The van der Waals surface area contributed by atoms with Gasteiger partial charge in [0, 0.05) is 17.6 Å². The number of hydrogen-bond donors (Lipinski definition) is 1. The van der Waals surface area contributed by atoms with Crippen LogP contribution in [0, 0.1) is 0 Å². The molecule has 0 spiro atoms. The van der Waals surface area contributed by atoms with E-state index >= 15 is 0 Å². The van der Waals surface area contributed by atoms with Crippen molar-refractivity contribution in [1.29, 1.82) is 0 Å². The molecule has 2 nitrogen and oxygen atoms in total. The summed E-state index contributed by atoms with van der Waals surface area (Å²) < 4.78 is 0. The Bertz CT molecular complexity index is 176. The Labute approximate surface area is 85.2 Å². The third-order valence-corrected chi connectivity index (χ3v) is 2.83. The normalized spacial score (nSPS) is 29.2. The summed E-state index contributed by atoms with van der Waals surface area (Å²) >= 11 is 5.74. The van der Waals surface area contributed by atoms with Crippen molar-refractivity contribution in [3.63, 3.8) is 0 Å². The first-order chi connectivity index (χ1) is 6.09. The van der Waals surface area contributed by atoms with Gasteiger partial charge in [-0.1, -0.05) is 18.2 Å². The van der Waals surface area contributed by atoms with Crippen LogP contribution in [0.4, 0.5) is 0 Å². The third-order valence-electron chi connectivity index (χ3n) is 2.71. The highest BCUT2D eigenvalue weighted by Gasteiger charge is 2.22. The van der Waals surface area contributed by atoms with E-state index < -0.39 is 0 Å². The fraction of sp³-hybridized carbons (Fsp3) is 0.800. The summed E-state index contributed by atoms with van der Waals surface area (Å²) in [5.41, 5.74) is 0. The predicted octanol–water partition coefficient (Wildman–Crippen LogP) is 1.97. The lowest BCUT2D eigenvalue weighted by Crippen LogP contribution is -2.36. The van der Waals surface area contributed by atoms with Gasteiger partial charge in [-0.3, -0.25) is 4.90 Å². The number of aliphatic hydroxyl groups excluding tert-OH is 1. The summed E-state index contributed by atoms with van der Waals surface area (Å²) in [5, 5.41) is 10.0. The van der Waals surface area contributed by atoms with Crippen LogP contribution in [0.3, 0.4) is 0 Å². The summed E-state index contributed by atoms with van der Waals surface area (Å²) in [6.45, 7) is 4.43. The maximum Gasteiger partial charge on any atom is 0.0541 e. The smallest absolute Gasteiger partial charge is 0.0541 e. The van der Waals surface area contributed by atoms with E-state index in [4.69, 9.17) is 11.6 Å². The summed E-state index contributed by atoms with van der Waals surface area (Å²) in [4.78, 5) is 2.22. The Morgan fingerprint density at radius 2 is 2.00 bits per heavy atom. The van der Waals surface area contributed by atoms with Gasteiger partial charge in [0.1, 0.15) is 0 Å². The van der Waals surface area contributed by atoms with Crippen molar-refractivity contribution in [2.24, 2.45) is 0 Å². The molecule has 0 amide bonds. The van der Waals surface area contributed by atoms with E-state index in [9.17, 15) is 5.11 Å². The molecule has 0 aromatic carbocycles. The zero-order valence-electron chi connectivity index (χ0n) is 8.17. The highest BCUT2D eigenvalue weighted by atomic mass is 35.5. The topological polar surface area (TPSA) is 23.5 Å². The zero-order valence-corrected chi connectivity index (χ0v) is 8.93. The van der Waals surface area contributed by atoms with Crippen molar-refractivity contribution in [3.05, 3.63) is 11.6 Å². The third kappa shape index (κ3) is 3.67. The molecule has 13 heavy (non-hydrogen) atoms. The van der Waals surface area contributed by atoms with Gasteiger partial charge in [0.2, 0.25) is 0 Å². The van der Waals surface area contributed by atoms with E-state index in [2.05, 4.69) is 18.5 Å². The quantitative estimate of drug-likeness (QED) is 0.759. The van der Waals surface area contributed by atoms with Crippen molar-refractivity contribution < 1.29 is 5.11 Å². The first kappa shape index (κ1) is 11.0. The lowest BCUT2D eigenvalue weighted by molar-refractivity contribution is 0.0879. The number of likely N-dealkylation sites (N-methyl/N-ethyl adjacent to an activating group) is 1. The van der Waals surface area contributed by atoms with Crippen LogP contribution in [-0.2, 0) is 0 Å². The Kier molecular flexibility index (Phi) is 4.23. The van der Waals surface area contributed by atoms with Crippen molar-refractivity contribution in [2.75, 3.05) is 13.6 Å².